The number of benzene rings is 2. The number of carbonyl (C=O) groups is 1. The molecule has 0 bridgehead atoms. The smallest absolute Gasteiger partial charge is 0.185 e. The Labute approximate surface area is 128 Å². The molecule has 2 aromatic carbocycles. The number of nitriles is 1. The summed E-state index contributed by atoms with van der Waals surface area (Å²) >= 11 is 6.17. The summed E-state index contributed by atoms with van der Waals surface area (Å²) in [5, 5.41) is 9.75. The molecular weight excluding hydrogens is 286 g/mol. The van der Waals surface area contributed by atoms with Crippen LogP contribution in [-0.4, -0.2) is 12.9 Å². The van der Waals surface area contributed by atoms with E-state index in [2.05, 4.69) is 6.07 Å². The summed E-state index contributed by atoms with van der Waals surface area (Å²) in [6, 6.07) is 14.2. The normalized spacial score (nSPS) is 11.5. The number of aryl methyl sites for hydroxylation is 1. The number of halogens is 1. The van der Waals surface area contributed by atoms with Gasteiger partial charge in [0.2, 0.25) is 0 Å². The summed E-state index contributed by atoms with van der Waals surface area (Å²) in [6.07, 6.45) is 0. The Kier molecular flexibility index (Phi) is 4.62. The molecule has 3 nitrogen and oxygen atoms in total. The van der Waals surface area contributed by atoms with Crippen molar-refractivity contribution in [1.29, 1.82) is 5.26 Å². The highest BCUT2D eigenvalue weighted by Crippen LogP contribution is 2.28. The maximum absolute atomic E-state index is 12.6. The van der Waals surface area contributed by atoms with E-state index < -0.39 is 5.92 Å². The maximum Gasteiger partial charge on any atom is 0.185 e. The number of rotatable bonds is 4. The van der Waals surface area contributed by atoms with Crippen LogP contribution < -0.4 is 4.74 Å². The fourth-order valence-electron chi connectivity index (χ4n) is 2.07. The van der Waals surface area contributed by atoms with Crippen LogP contribution in [-0.2, 0) is 0 Å². The zero-order valence-electron chi connectivity index (χ0n) is 11.8. The molecule has 106 valence electrons. The second-order valence-electron chi connectivity index (χ2n) is 4.64. The molecule has 0 radical (unpaired) electrons. The van der Waals surface area contributed by atoms with E-state index in [1.807, 2.05) is 13.0 Å². The second-order valence-corrected chi connectivity index (χ2v) is 5.01. The van der Waals surface area contributed by atoms with Crippen LogP contribution in [0.15, 0.2) is 42.5 Å². The summed E-state index contributed by atoms with van der Waals surface area (Å²) in [5.41, 5.74) is 1.81. The first kappa shape index (κ1) is 15.1. The van der Waals surface area contributed by atoms with Gasteiger partial charge in [0.1, 0.15) is 11.7 Å². The van der Waals surface area contributed by atoms with Gasteiger partial charge in [0.05, 0.1) is 18.2 Å². The largest absolute Gasteiger partial charge is 0.497 e. The molecular formula is C17H14ClNO2. The number of methoxy groups -OCH3 is 1. The molecule has 0 aliphatic carbocycles. The summed E-state index contributed by atoms with van der Waals surface area (Å²) in [4.78, 5) is 12.6. The lowest BCUT2D eigenvalue weighted by Gasteiger charge is -2.11. The van der Waals surface area contributed by atoms with E-state index in [0.717, 1.165) is 5.56 Å². The molecule has 0 aromatic heterocycles. The predicted molar refractivity (Wildman–Crippen MR) is 81.9 cm³/mol. The summed E-state index contributed by atoms with van der Waals surface area (Å²) in [5.74, 6) is -0.497. The minimum absolute atomic E-state index is 0.295. The van der Waals surface area contributed by atoms with Crippen molar-refractivity contribution in [2.24, 2.45) is 0 Å². The summed E-state index contributed by atoms with van der Waals surface area (Å²) in [7, 11) is 1.56. The monoisotopic (exact) mass is 299 g/mol. The van der Waals surface area contributed by atoms with Crippen LogP contribution in [0, 0.1) is 18.3 Å². The molecule has 0 N–H and O–H groups in total. The Morgan fingerprint density at radius 1 is 1.24 bits per heavy atom. The molecule has 0 aliphatic rings. The highest BCUT2D eigenvalue weighted by molar-refractivity contribution is 6.35. The van der Waals surface area contributed by atoms with Crippen molar-refractivity contribution in [3.8, 4) is 11.8 Å². The fraction of sp³-hybridized carbons (Fsp3) is 0.176. The minimum Gasteiger partial charge on any atom is -0.497 e. The zero-order valence-corrected chi connectivity index (χ0v) is 12.5. The van der Waals surface area contributed by atoms with Crippen molar-refractivity contribution in [3.05, 3.63) is 64.2 Å². The number of carbonyl (C=O) groups excluding carboxylic acids is 1. The Hall–Kier alpha value is -2.31. The van der Waals surface area contributed by atoms with Gasteiger partial charge < -0.3 is 4.74 Å². The van der Waals surface area contributed by atoms with E-state index in [1.54, 1.807) is 43.5 Å². The van der Waals surface area contributed by atoms with Crippen molar-refractivity contribution in [2.75, 3.05) is 7.11 Å². The molecule has 2 rings (SSSR count). The molecule has 0 fully saturated rings. The Balaban J connectivity index is 2.39. The lowest BCUT2D eigenvalue weighted by atomic mass is 9.91. The van der Waals surface area contributed by atoms with E-state index in [0.29, 0.717) is 21.9 Å². The van der Waals surface area contributed by atoms with Crippen LogP contribution in [0.3, 0.4) is 0 Å². The van der Waals surface area contributed by atoms with Crippen LogP contribution in [0.4, 0.5) is 0 Å². The van der Waals surface area contributed by atoms with Crippen LogP contribution >= 0.6 is 11.6 Å². The Morgan fingerprint density at radius 2 is 1.90 bits per heavy atom. The SMILES string of the molecule is COc1ccc(C(C#N)C(=O)c2cccc(C)c2Cl)cc1. The fourth-order valence-corrected chi connectivity index (χ4v) is 2.29. The van der Waals surface area contributed by atoms with Gasteiger partial charge in [-0.15, -0.1) is 0 Å². The molecule has 2 aromatic rings. The Morgan fingerprint density at radius 3 is 2.48 bits per heavy atom. The molecule has 0 spiro atoms. The van der Waals surface area contributed by atoms with E-state index in [1.165, 1.54) is 0 Å². The first-order valence-corrected chi connectivity index (χ1v) is 6.79. The number of hydrogen-bond acceptors (Lipinski definition) is 3. The van der Waals surface area contributed by atoms with Gasteiger partial charge in [0.25, 0.3) is 0 Å². The lowest BCUT2D eigenvalue weighted by Crippen LogP contribution is -2.12. The molecule has 0 amide bonds. The van der Waals surface area contributed by atoms with Crippen LogP contribution in [0.1, 0.15) is 27.4 Å². The summed E-state index contributed by atoms with van der Waals surface area (Å²) < 4.78 is 5.07. The molecule has 4 heteroatoms. The Bertz CT molecular complexity index is 702. The first-order chi connectivity index (χ1) is 10.1. The quantitative estimate of drug-likeness (QED) is 0.797. The molecule has 1 atom stereocenters. The van der Waals surface area contributed by atoms with Gasteiger partial charge in [-0.25, -0.2) is 0 Å². The van der Waals surface area contributed by atoms with Gasteiger partial charge in [-0.05, 0) is 36.2 Å². The van der Waals surface area contributed by atoms with Gasteiger partial charge in [-0.2, -0.15) is 5.26 Å². The lowest BCUT2D eigenvalue weighted by molar-refractivity contribution is 0.0979. The molecule has 0 aliphatic heterocycles. The van der Waals surface area contributed by atoms with Crippen LogP contribution in [0.5, 0.6) is 5.75 Å². The number of ether oxygens (including phenoxy) is 1. The number of hydrogen-bond donors (Lipinski definition) is 0. The van der Waals surface area contributed by atoms with Crippen molar-refractivity contribution in [2.45, 2.75) is 12.8 Å². The standard InChI is InChI=1S/C17H14ClNO2/c1-11-4-3-5-14(16(11)18)17(20)15(10-19)12-6-8-13(21-2)9-7-12/h3-9,15H,1-2H3. The maximum atomic E-state index is 12.6. The highest BCUT2D eigenvalue weighted by Gasteiger charge is 2.24. The van der Waals surface area contributed by atoms with Crippen LogP contribution in [0.25, 0.3) is 0 Å². The molecule has 0 saturated heterocycles. The average molecular weight is 300 g/mol. The average Bonchev–Trinajstić information content (AvgIpc) is 2.51. The van der Waals surface area contributed by atoms with Crippen molar-refractivity contribution in [1.82, 2.24) is 0 Å². The van der Waals surface area contributed by atoms with Gasteiger partial charge in [0.15, 0.2) is 5.78 Å². The third-order valence-corrected chi connectivity index (χ3v) is 3.80. The summed E-state index contributed by atoms with van der Waals surface area (Å²) in [6.45, 7) is 1.83. The van der Waals surface area contributed by atoms with Gasteiger partial charge in [-0.3, -0.25) is 4.79 Å². The molecule has 21 heavy (non-hydrogen) atoms. The van der Waals surface area contributed by atoms with Gasteiger partial charge >= 0.3 is 0 Å². The van der Waals surface area contributed by atoms with E-state index in [9.17, 15) is 10.1 Å². The third kappa shape index (κ3) is 3.07. The second kappa shape index (κ2) is 6.43. The molecule has 1 unspecified atom stereocenters. The number of ketones is 1. The topological polar surface area (TPSA) is 50.1 Å². The minimum atomic E-state index is -0.879. The van der Waals surface area contributed by atoms with E-state index >= 15 is 0 Å². The number of nitrogens with zero attached hydrogens (tertiary/aromatic N) is 1. The van der Waals surface area contributed by atoms with E-state index in [-0.39, 0.29) is 5.78 Å². The third-order valence-electron chi connectivity index (χ3n) is 3.30. The molecule has 0 saturated carbocycles. The van der Waals surface area contributed by atoms with Crippen molar-refractivity contribution in [3.63, 3.8) is 0 Å². The first-order valence-electron chi connectivity index (χ1n) is 6.41. The van der Waals surface area contributed by atoms with Gasteiger partial charge in [0, 0.05) is 5.56 Å². The van der Waals surface area contributed by atoms with Crippen molar-refractivity contribution < 1.29 is 9.53 Å². The van der Waals surface area contributed by atoms with Crippen LogP contribution in [0.2, 0.25) is 5.02 Å². The van der Waals surface area contributed by atoms with Crippen molar-refractivity contribution >= 4 is 17.4 Å². The number of Topliss-reactive ketones (excluding diaryl/α,β-unsaturated/α-hetero) is 1. The van der Waals surface area contributed by atoms with E-state index in [4.69, 9.17) is 16.3 Å². The predicted octanol–water partition coefficient (Wildman–Crippen LogP) is 4.15. The van der Waals surface area contributed by atoms with Gasteiger partial charge in [-0.1, -0.05) is 35.9 Å². The zero-order chi connectivity index (χ0) is 15.4. The molecule has 0 heterocycles. The highest BCUT2D eigenvalue weighted by atomic mass is 35.5.